The Morgan fingerprint density at radius 3 is 2.64 bits per heavy atom. The molecule has 0 saturated heterocycles. The number of aliphatic hydroxyl groups excluding tert-OH is 1. The summed E-state index contributed by atoms with van der Waals surface area (Å²) in [6.45, 7) is 4.21. The average Bonchev–Trinajstić information content (AvgIpc) is 3.03. The lowest BCUT2D eigenvalue weighted by Gasteiger charge is -2.29. The number of benzene rings is 1. The number of hydrogen-bond acceptors (Lipinski definition) is 3. The molecule has 2 rings (SSSR count). The average molecular weight is 305 g/mol. The molecule has 122 valence electrons. The van der Waals surface area contributed by atoms with Gasteiger partial charge < -0.3 is 15.2 Å². The van der Waals surface area contributed by atoms with Crippen LogP contribution in [0.3, 0.4) is 0 Å². The van der Waals surface area contributed by atoms with E-state index in [0.29, 0.717) is 6.54 Å². The highest BCUT2D eigenvalue weighted by atomic mass is 16.5. The van der Waals surface area contributed by atoms with Gasteiger partial charge in [-0.25, -0.2) is 0 Å². The molecule has 0 aromatic heterocycles. The molecule has 0 spiro atoms. The number of methoxy groups -OCH3 is 1. The van der Waals surface area contributed by atoms with Gasteiger partial charge in [0.2, 0.25) is 5.91 Å². The first-order chi connectivity index (χ1) is 10.5. The number of aliphatic hydroxyl groups is 1. The van der Waals surface area contributed by atoms with Gasteiger partial charge in [0.1, 0.15) is 5.75 Å². The van der Waals surface area contributed by atoms with Gasteiger partial charge in [0.15, 0.2) is 0 Å². The lowest BCUT2D eigenvalue weighted by atomic mass is 9.78. The predicted molar refractivity (Wildman–Crippen MR) is 87.0 cm³/mol. The fourth-order valence-corrected chi connectivity index (χ4v) is 3.15. The van der Waals surface area contributed by atoms with Crippen LogP contribution in [0.15, 0.2) is 24.3 Å². The molecule has 22 heavy (non-hydrogen) atoms. The third-order valence-electron chi connectivity index (χ3n) is 4.76. The van der Waals surface area contributed by atoms with Crippen LogP contribution in [0.2, 0.25) is 0 Å². The SMILES string of the molecule is COc1cccc(C2(C(=O)NCC(O)C(C)C)CCCC2)c1. The summed E-state index contributed by atoms with van der Waals surface area (Å²) < 4.78 is 5.30. The quantitative estimate of drug-likeness (QED) is 0.849. The summed E-state index contributed by atoms with van der Waals surface area (Å²) in [4.78, 5) is 12.8. The second-order valence-corrected chi connectivity index (χ2v) is 6.54. The van der Waals surface area contributed by atoms with Gasteiger partial charge in [-0.3, -0.25) is 4.79 Å². The van der Waals surface area contributed by atoms with E-state index >= 15 is 0 Å². The molecule has 1 unspecified atom stereocenters. The van der Waals surface area contributed by atoms with E-state index in [-0.39, 0.29) is 11.8 Å². The molecular weight excluding hydrogens is 278 g/mol. The molecule has 1 atom stereocenters. The highest BCUT2D eigenvalue weighted by molar-refractivity contribution is 5.88. The molecule has 1 aliphatic carbocycles. The summed E-state index contributed by atoms with van der Waals surface area (Å²) in [5.74, 6) is 0.938. The first-order valence-electron chi connectivity index (χ1n) is 8.10. The van der Waals surface area contributed by atoms with Crippen LogP contribution in [-0.4, -0.2) is 30.8 Å². The number of rotatable bonds is 6. The van der Waals surface area contributed by atoms with E-state index in [1.54, 1.807) is 7.11 Å². The summed E-state index contributed by atoms with van der Waals surface area (Å²) in [6.07, 6.45) is 3.30. The van der Waals surface area contributed by atoms with Crippen molar-refractivity contribution in [3.63, 3.8) is 0 Å². The summed E-state index contributed by atoms with van der Waals surface area (Å²) >= 11 is 0. The van der Waals surface area contributed by atoms with Crippen molar-refractivity contribution in [2.45, 2.75) is 51.0 Å². The van der Waals surface area contributed by atoms with Crippen molar-refractivity contribution in [1.82, 2.24) is 5.32 Å². The second kappa shape index (κ2) is 7.14. The molecule has 2 N–H and O–H groups in total. The van der Waals surface area contributed by atoms with Crippen LogP contribution in [0.4, 0.5) is 0 Å². The third kappa shape index (κ3) is 3.43. The Bertz CT molecular complexity index is 507. The molecule has 1 aliphatic rings. The molecule has 0 radical (unpaired) electrons. The zero-order chi connectivity index (χ0) is 16.2. The maximum atomic E-state index is 12.8. The van der Waals surface area contributed by atoms with Crippen LogP contribution in [0.25, 0.3) is 0 Å². The van der Waals surface area contributed by atoms with Crippen LogP contribution in [0, 0.1) is 5.92 Å². The molecular formula is C18H27NO3. The van der Waals surface area contributed by atoms with Crippen LogP contribution < -0.4 is 10.1 Å². The van der Waals surface area contributed by atoms with Gasteiger partial charge in [0.25, 0.3) is 0 Å². The van der Waals surface area contributed by atoms with Crippen molar-refractivity contribution in [2.75, 3.05) is 13.7 Å². The van der Waals surface area contributed by atoms with Gasteiger partial charge in [-0.2, -0.15) is 0 Å². The maximum Gasteiger partial charge on any atom is 0.230 e. The largest absolute Gasteiger partial charge is 0.497 e. The highest BCUT2D eigenvalue weighted by Crippen LogP contribution is 2.42. The van der Waals surface area contributed by atoms with E-state index in [2.05, 4.69) is 5.32 Å². The standard InChI is InChI=1S/C18H27NO3/c1-13(2)16(20)12-19-17(21)18(9-4-5-10-18)14-7-6-8-15(11-14)22-3/h6-8,11,13,16,20H,4-5,9-10,12H2,1-3H3,(H,19,21). The fourth-order valence-electron chi connectivity index (χ4n) is 3.15. The van der Waals surface area contributed by atoms with Crippen molar-refractivity contribution in [2.24, 2.45) is 5.92 Å². The smallest absolute Gasteiger partial charge is 0.230 e. The summed E-state index contributed by atoms with van der Waals surface area (Å²) in [5.41, 5.74) is 0.534. The molecule has 0 aliphatic heterocycles. The molecule has 1 amide bonds. The first kappa shape index (κ1) is 16.8. The van der Waals surface area contributed by atoms with Crippen molar-refractivity contribution < 1.29 is 14.6 Å². The van der Waals surface area contributed by atoms with E-state index in [1.807, 2.05) is 38.1 Å². The van der Waals surface area contributed by atoms with Gasteiger partial charge in [0.05, 0.1) is 18.6 Å². The van der Waals surface area contributed by atoms with Crippen molar-refractivity contribution in [1.29, 1.82) is 0 Å². The Hall–Kier alpha value is -1.55. The second-order valence-electron chi connectivity index (χ2n) is 6.54. The zero-order valence-electron chi connectivity index (χ0n) is 13.8. The van der Waals surface area contributed by atoms with Crippen LogP contribution in [-0.2, 0) is 10.2 Å². The van der Waals surface area contributed by atoms with Gasteiger partial charge in [-0.05, 0) is 36.5 Å². The summed E-state index contributed by atoms with van der Waals surface area (Å²) in [5, 5.41) is 12.9. The zero-order valence-corrected chi connectivity index (χ0v) is 13.8. The fraction of sp³-hybridized carbons (Fsp3) is 0.611. The van der Waals surface area contributed by atoms with Gasteiger partial charge >= 0.3 is 0 Å². The van der Waals surface area contributed by atoms with E-state index in [1.165, 1.54) is 0 Å². The van der Waals surface area contributed by atoms with Crippen molar-refractivity contribution in [3.8, 4) is 5.75 Å². The molecule has 4 heteroatoms. The van der Waals surface area contributed by atoms with E-state index in [4.69, 9.17) is 4.74 Å². The number of nitrogens with one attached hydrogen (secondary N) is 1. The monoisotopic (exact) mass is 305 g/mol. The number of ether oxygens (including phenoxy) is 1. The number of hydrogen-bond donors (Lipinski definition) is 2. The summed E-state index contributed by atoms with van der Waals surface area (Å²) in [6, 6.07) is 7.80. The molecule has 1 aromatic rings. The Morgan fingerprint density at radius 1 is 1.36 bits per heavy atom. The molecule has 0 heterocycles. The Kier molecular flexibility index (Phi) is 5.46. The lowest BCUT2D eigenvalue weighted by Crippen LogP contribution is -2.45. The Balaban J connectivity index is 2.19. The minimum atomic E-state index is -0.507. The minimum absolute atomic E-state index is 0.0259. The predicted octanol–water partition coefficient (Wildman–Crippen LogP) is 2.64. The molecule has 4 nitrogen and oxygen atoms in total. The van der Waals surface area contributed by atoms with Crippen molar-refractivity contribution >= 4 is 5.91 Å². The normalized spacial score (nSPS) is 18.2. The number of carbonyl (C=O) groups is 1. The molecule has 1 saturated carbocycles. The van der Waals surface area contributed by atoms with Crippen molar-refractivity contribution in [3.05, 3.63) is 29.8 Å². The molecule has 1 aromatic carbocycles. The molecule has 0 bridgehead atoms. The van der Waals surface area contributed by atoms with Crippen LogP contribution in [0.5, 0.6) is 5.75 Å². The van der Waals surface area contributed by atoms with E-state index in [0.717, 1.165) is 37.0 Å². The van der Waals surface area contributed by atoms with E-state index in [9.17, 15) is 9.90 Å². The number of carbonyl (C=O) groups excluding carboxylic acids is 1. The van der Waals surface area contributed by atoms with Gasteiger partial charge in [-0.15, -0.1) is 0 Å². The maximum absolute atomic E-state index is 12.8. The minimum Gasteiger partial charge on any atom is -0.497 e. The first-order valence-corrected chi connectivity index (χ1v) is 8.10. The van der Waals surface area contributed by atoms with Gasteiger partial charge in [-0.1, -0.05) is 38.8 Å². The Labute approximate surface area is 132 Å². The summed E-state index contributed by atoms with van der Waals surface area (Å²) in [7, 11) is 1.64. The number of amides is 1. The third-order valence-corrected chi connectivity index (χ3v) is 4.76. The highest BCUT2D eigenvalue weighted by Gasteiger charge is 2.42. The topological polar surface area (TPSA) is 58.6 Å². The Morgan fingerprint density at radius 2 is 2.05 bits per heavy atom. The van der Waals surface area contributed by atoms with Crippen LogP contribution >= 0.6 is 0 Å². The van der Waals surface area contributed by atoms with Crippen LogP contribution in [0.1, 0.15) is 45.1 Å². The van der Waals surface area contributed by atoms with Gasteiger partial charge in [0, 0.05) is 6.54 Å². The lowest BCUT2D eigenvalue weighted by molar-refractivity contribution is -0.127. The van der Waals surface area contributed by atoms with E-state index < -0.39 is 11.5 Å². The molecule has 1 fully saturated rings.